The molecule has 0 spiro atoms. The number of benzene rings is 1. The molecule has 3 heterocycles. The van der Waals surface area contributed by atoms with Crippen molar-refractivity contribution in [3.8, 4) is 0 Å². The number of anilines is 1. The van der Waals surface area contributed by atoms with E-state index in [2.05, 4.69) is 22.0 Å². The van der Waals surface area contributed by atoms with Gasteiger partial charge in [0.15, 0.2) is 5.82 Å². The van der Waals surface area contributed by atoms with Crippen LogP contribution in [0.15, 0.2) is 35.3 Å². The van der Waals surface area contributed by atoms with Crippen molar-refractivity contribution in [3.05, 3.63) is 47.4 Å². The van der Waals surface area contributed by atoms with E-state index in [9.17, 15) is 4.79 Å². The van der Waals surface area contributed by atoms with E-state index in [1.807, 2.05) is 18.2 Å². The first-order valence-corrected chi connectivity index (χ1v) is 8.50. The number of guanidine groups is 1. The van der Waals surface area contributed by atoms with Crippen LogP contribution in [-0.2, 0) is 6.42 Å². The van der Waals surface area contributed by atoms with Crippen molar-refractivity contribution in [1.82, 2.24) is 14.9 Å². The fourth-order valence-corrected chi connectivity index (χ4v) is 4.10. The van der Waals surface area contributed by atoms with Gasteiger partial charge >= 0.3 is 0 Å². The predicted octanol–water partition coefficient (Wildman–Crippen LogP) is 2.18. The Morgan fingerprint density at radius 3 is 2.92 bits per heavy atom. The average Bonchev–Trinajstić information content (AvgIpc) is 3.27. The fraction of sp³-hybridized carbons (Fsp3) is 0.389. The Morgan fingerprint density at radius 1 is 1.25 bits per heavy atom. The number of fused-ring (bicyclic) bond motifs is 5. The van der Waals surface area contributed by atoms with Crippen LogP contribution in [0.5, 0.6) is 0 Å². The number of aromatic nitrogens is 2. The summed E-state index contributed by atoms with van der Waals surface area (Å²) in [6, 6.07) is 10.8. The highest BCUT2D eigenvalue weighted by Gasteiger charge is 2.48. The first-order chi connectivity index (χ1) is 11.7. The molecule has 2 unspecified atom stereocenters. The molecule has 0 saturated heterocycles. The molecule has 1 N–H and O–H groups in total. The molecule has 1 aromatic carbocycles. The van der Waals surface area contributed by atoms with Crippen LogP contribution in [0.2, 0.25) is 0 Å². The van der Waals surface area contributed by atoms with Crippen molar-refractivity contribution in [2.24, 2.45) is 4.99 Å². The molecule has 24 heavy (non-hydrogen) atoms. The molecule has 1 fully saturated rings. The van der Waals surface area contributed by atoms with Crippen LogP contribution in [0.3, 0.4) is 0 Å². The Labute approximate surface area is 140 Å². The second-order valence-electron chi connectivity index (χ2n) is 6.77. The maximum absolute atomic E-state index is 12.7. The second-order valence-corrected chi connectivity index (χ2v) is 6.77. The highest BCUT2D eigenvalue weighted by Crippen LogP contribution is 2.39. The molecule has 6 nitrogen and oxygen atoms in total. The largest absolute Gasteiger partial charge is 0.336 e. The minimum absolute atomic E-state index is 0.0493. The lowest BCUT2D eigenvalue weighted by atomic mass is 10.1. The molecule has 2 aliphatic heterocycles. The number of hydrogen-bond donors (Lipinski definition) is 1. The third kappa shape index (κ3) is 1.85. The minimum atomic E-state index is -0.0493. The van der Waals surface area contributed by atoms with Gasteiger partial charge in [-0.15, -0.1) is 0 Å². The summed E-state index contributed by atoms with van der Waals surface area (Å²) in [7, 11) is 1.80. The number of amides is 1. The van der Waals surface area contributed by atoms with Crippen LogP contribution in [0, 0.1) is 0 Å². The molecule has 5 rings (SSSR count). The molecular weight excluding hydrogens is 302 g/mol. The highest BCUT2D eigenvalue weighted by molar-refractivity contribution is 6.18. The third-order valence-electron chi connectivity index (χ3n) is 5.27. The van der Waals surface area contributed by atoms with Crippen LogP contribution >= 0.6 is 0 Å². The molecule has 2 aromatic rings. The van der Waals surface area contributed by atoms with Gasteiger partial charge in [-0.05, 0) is 24.8 Å². The zero-order chi connectivity index (χ0) is 16.3. The first kappa shape index (κ1) is 13.8. The monoisotopic (exact) mass is 321 g/mol. The Bertz CT molecular complexity index is 840. The summed E-state index contributed by atoms with van der Waals surface area (Å²) in [5, 5.41) is 0. The van der Waals surface area contributed by atoms with E-state index < -0.39 is 0 Å². The third-order valence-corrected chi connectivity index (χ3v) is 5.27. The number of imidazole rings is 1. The van der Waals surface area contributed by atoms with Crippen molar-refractivity contribution >= 4 is 17.7 Å². The predicted molar refractivity (Wildman–Crippen MR) is 91.3 cm³/mol. The number of aromatic amines is 1. The van der Waals surface area contributed by atoms with Gasteiger partial charge < -0.3 is 4.98 Å². The number of nitrogens with zero attached hydrogens (tertiary/aromatic N) is 4. The number of hydrogen-bond acceptors (Lipinski definition) is 4. The van der Waals surface area contributed by atoms with Crippen LogP contribution < -0.4 is 4.90 Å². The molecule has 1 amide bonds. The van der Waals surface area contributed by atoms with E-state index in [-0.39, 0.29) is 5.91 Å². The van der Waals surface area contributed by atoms with Gasteiger partial charge in [-0.3, -0.25) is 14.6 Å². The summed E-state index contributed by atoms with van der Waals surface area (Å²) < 4.78 is 0. The summed E-state index contributed by atoms with van der Waals surface area (Å²) >= 11 is 0. The topological polar surface area (TPSA) is 64.6 Å². The molecule has 6 heteroatoms. The lowest BCUT2D eigenvalue weighted by molar-refractivity contribution is 0.0859. The molecule has 2 atom stereocenters. The quantitative estimate of drug-likeness (QED) is 0.922. The number of carbonyl (C=O) groups excluding carboxylic acids is 1. The highest BCUT2D eigenvalue weighted by atomic mass is 16.2. The van der Waals surface area contributed by atoms with E-state index in [0.717, 1.165) is 30.4 Å². The van der Waals surface area contributed by atoms with E-state index in [1.165, 1.54) is 12.0 Å². The van der Waals surface area contributed by atoms with Crippen LogP contribution in [0.4, 0.5) is 5.82 Å². The molecule has 0 radical (unpaired) electrons. The lowest BCUT2D eigenvalue weighted by Crippen LogP contribution is -2.51. The number of rotatable bonds is 2. The zero-order valence-electron chi connectivity index (χ0n) is 13.6. The fourth-order valence-electron chi connectivity index (χ4n) is 4.10. The van der Waals surface area contributed by atoms with Crippen LogP contribution in [-0.4, -0.2) is 45.9 Å². The van der Waals surface area contributed by atoms with E-state index in [4.69, 9.17) is 9.98 Å². The average molecular weight is 321 g/mol. The maximum atomic E-state index is 12.7. The van der Waals surface area contributed by atoms with Crippen molar-refractivity contribution in [3.63, 3.8) is 0 Å². The maximum Gasteiger partial charge on any atom is 0.280 e. The van der Waals surface area contributed by atoms with E-state index in [0.29, 0.717) is 24.2 Å². The van der Waals surface area contributed by atoms with E-state index >= 15 is 0 Å². The van der Waals surface area contributed by atoms with Gasteiger partial charge in [0.25, 0.3) is 5.91 Å². The number of carbonyl (C=O) groups is 1. The van der Waals surface area contributed by atoms with Crippen molar-refractivity contribution in [1.29, 1.82) is 0 Å². The molecule has 1 aliphatic carbocycles. The van der Waals surface area contributed by atoms with Gasteiger partial charge in [0, 0.05) is 13.5 Å². The van der Waals surface area contributed by atoms with E-state index in [1.54, 1.807) is 11.9 Å². The molecule has 3 aliphatic rings. The summed E-state index contributed by atoms with van der Waals surface area (Å²) in [6.07, 6.45) is 4.10. The Balaban J connectivity index is 1.56. The number of aliphatic imine (C=N–C) groups is 1. The molecule has 1 saturated carbocycles. The van der Waals surface area contributed by atoms with Crippen molar-refractivity contribution < 1.29 is 4.79 Å². The normalized spacial score (nSPS) is 24.7. The van der Waals surface area contributed by atoms with Gasteiger partial charge in [0.1, 0.15) is 11.5 Å². The summed E-state index contributed by atoms with van der Waals surface area (Å²) in [5.41, 5.74) is 1.77. The Hall–Kier alpha value is -2.63. The SMILES string of the molecule is CN1C(=O)c2[nH]c(Cc3ccccc3)nc2N2C1=NC1CCCC12. The second kappa shape index (κ2) is 4.93. The van der Waals surface area contributed by atoms with Gasteiger partial charge in [0.05, 0.1) is 12.1 Å². The summed E-state index contributed by atoms with van der Waals surface area (Å²) in [5.74, 6) is 2.31. The van der Waals surface area contributed by atoms with Gasteiger partial charge in [0.2, 0.25) is 5.96 Å². The lowest BCUT2D eigenvalue weighted by Gasteiger charge is -2.33. The number of H-pyrrole nitrogens is 1. The Morgan fingerprint density at radius 2 is 2.08 bits per heavy atom. The zero-order valence-corrected chi connectivity index (χ0v) is 13.6. The molecule has 0 bridgehead atoms. The van der Waals surface area contributed by atoms with Gasteiger partial charge in [-0.2, -0.15) is 0 Å². The van der Waals surface area contributed by atoms with Crippen LogP contribution in [0.1, 0.15) is 41.1 Å². The standard InChI is InChI=1S/C18H19N5O/c1-22-17(24)15-16(23-13-9-5-8-12(13)19-18(22)23)21-14(20-15)10-11-6-3-2-4-7-11/h2-4,6-7,12-13H,5,8-10H2,1H3,(H,20,21). The minimum Gasteiger partial charge on any atom is -0.336 e. The van der Waals surface area contributed by atoms with Gasteiger partial charge in [-0.1, -0.05) is 30.3 Å². The van der Waals surface area contributed by atoms with Crippen molar-refractivity contribution in [2.45, 2.75) is 37.8 Å². The van der Waals surface area contributed by atoms with Gasteiger partial charge in [-0.25, -0.2) is 9.98 Å². The van der Waals surface area contributed by atoms with Crippen LogP contribution in [0.25, 0.3) is 0 Å². The molecule has 1 aromatic heterocycles. The number of nitrogens with one attached hydrogen (secondary N) is 1. The smallest absolute Gasteiger partial charge is 0.280 e. The summed E-state index contributed by atoms with van der Waals surface area (Å²) in [6.45, 7) is 0. The Kier molecular flexibility index (Phi) is 2.83. The first-order valence-electron chi connectivity index (χ1n) is 8.50. The molecule has 122 valence electrons. The summed E-state index contributed by atoms with van der Waals surface area (Å²) in [4.78, 5) is 29.4. The molecular formula is C18H19N5O. The van der Waals surface area contributed by atoms with Crippen molar-refractivity contribution in [2.75, 3.05) is 11.9 Å².